The Labute approximate surface area is 120 Å². The Morgan fingerprint density at radius 1 is 1.15 bits per heavy atom. The van der Waals surface area contributed by atoms with Gasteiger partial charge in [-0.05, 0) is 29.2 Å². The molecule has 0 fully saturated rings. The second-order valence-corrected chi connectivity index (χ2v) is 5.17. The fourth-order valence-electron chi connectivity index (χ4n) is 1.96. The molecule has 0 aliphatic heterocycles. The molecular formula is C17H20N2O. The van der Waals surface area contributed by atoms with Crippen molar-refractivity contribution < 1.29 is 4.79 Å². The fraction of sp³-hybridized carbons (Fsp3) is 0.294. The Hall–Kier alpha value is -2.16. The third kappa shape index (κ3) is 4.19. The van der Waals surface area contributed by atoms with Crippen molar-refractivity contribution in [2.45, 2.75) is 32.7 Å². The Bertz CT molecular complexity index is 547. The first-order valence-electron chi connectivity index (χ1n) is 6.90. The van der Waals surface area contributed by atoms with E-state index in [0.717, 1.165) is 11.3 Å². The maximum atomic E-state index is 11.9. The highest BCUT2D eigenvalue weighted by molar-refractivity contribution is 5.78. The lowest BCUT2D eigenvalue weighted by atomic mass is 10.0. The molecule has 0 bridgehead atoms. The van der Waals surface area contributed by atoms with E-state index in [9.17, 15) is 4.79 Å². The smallest absolute Gasteiger partial charge is 0.224 e. The highest BCUT2D eigenvalue weighted by Gasteiger charge is 2.04. The first kappa shape index (κ1) is 14.3. The van der Waals surface area contributed by atoms with Crippen molar-refractivity contribution in [3.63, 3.8) is 0 Å². The molecule has 1 amide bonds. The van der Waals surface area contributed by atoms with E-state index < -0.39 is 0 Å². The number of pyridine rings is 1. The van der Waals surface area contributed by atoms with Crippen LogP contribution in [0, 0.1) is 0 Å². The number of carbonyl (C=O) groups excluding carboxylic acids is 1. The number of carbonyl (C=O) groups is 1. The molecule has 20 heavy (non-hydrogen) atoms. The van der Waals surface area contributed by atoms with Crippen LogP contribution in [0.25, 0.3) is 0 Å². The van der Waals surface area contributed by atoms with Gasteiger partial charge in [-0.15, -0.1) is 0 Å². The second-order valence-electron chi connectivity index (χ2n) is 5.17. The van der Waals surface area contributed by atoms with Gasteiger partial charge in [0.2, 0.25) is 5.91 Å². The van der Waals surface area contributed by atoms with Crippen molar-refractivity contribution in [2.75, 3.05) is 0 Å². The van der Waals surface area contributed by atoms with Gasteiger partial charge in [0, 0.05) is 6.20 Å². The van der Waals surface area contributed by atoms with Crippen molar-refractivity contribution in [1.82, 2.24) is 10.3 Å². The number of amides is 1. The summed E-state index contributed by atoms with van der Waals surface area (Å²) >= 11 is 0. The van der Waals surface area contributed by atoms with Crippen LogP contribution in [0.3, 0.4) is 0 Å². The van der Waals surface area contributed by atoms with E-state index in [-0.39, 0.29) is 5.91 Å². The van der Waals surface area contributed by atoms with Crippen molar-refractivity contribution in [3.8, 4) is 0 Å². The summed E-state index contributed by atoms with van der Waals surface area (Å²) in [7, 11) is 0. The zero-order chi connectivity index (χ0) is 14.4. The number of hydrogen-bond acceptors (Lipinski definition) is 2. The Morgan fingerprint density at radius 3 is 2.50 bits per heavy atom. The Kier molecular flexibility index (Phi) is 4.88. The molecule has 0 saturated carbocycles. The van der Waals surface area contributed by atoms with Crippen LogP contribution in [0.1, 0.15) is 36.6 Å². The van der Waals surface area contributed by atoms with Crippen molar-refractivity contribution >= 4 is 5.91 Å². The summed E-state index contributed by atoms with van der Waals surface area (Å²) in [5.74, 6) is 0.537. The van der Waals surface area contributed by atoms with Gasteiger partial charge < -0.3 is 5.32 Å². The molecule has 2 rings (SSSR count). The van der Waals surface area contributed by atoms with Crippen molar-refractivity contribution in [2.24, 2.45) is 0 Å². The van der Waals surface area contributed by atoms with Gasteiger partial charge in [0.15, 0.2) is 0 Å². The summed E-state index contributed by atoms with van der Waals surface area (Å²) in [4.78, 5) is 16.0. The SMILES string of the molecule is CC(C)c1ccc(CC(=O)NCc2ccccn2)cc1. The van der Waals surface area contributed by atoms with Gasteiger partial charge >= 0.3 is 0 Å². The lowest BCUT2D eigenvalue weighted by molar-refractivity contribution is -0.120. The molecule has 0 unspecified atom stereocenters. The summed E-state index contributed by atoms with van der Waals surface area (Å²) in [6.45, 7) is 4.80. The minimum atomic E-state index is 0.0213. The maximum absolute atomic E-state index is 11.9. The van der Waals surface area contributed by atoms with E-state index in [1.165, 1.54) is 5.56 Å². The van der Waals surface area contributed by atoms with E-state index in [2.05, 4.69) is 36.3 Å². The molecule has 2 aromatic rings. The molecule has 1 heterocycles. The first-order chi connectivity index (χ1) is 9.65. The summed E-state index contributed by atoms with van der Waals surface area (Å²) in [5, 5.41) is 2.88. The lowest BCUT2D eigenvalue weighted by Gasteiger charge is -2.07. The molecule has 0 radical (unpaired) electrons. The topological polar surface area (TPSA) is 42.0 Å². The maximum Gasteiger partial charge on any atom is 0.224 e. The summed E-state index contributed by atoms with van der Waals surface area (Å²) < 4.78 is 0. The molecule has 1 aromatic carbocycles. The number of benzene rings is 1. The lowest BCUT2D eigenvalue weighted by Crippen LogP contribution is -2.24. The van der Waals surface area contributed by atoms with Crippen LogP contribution in [0.4, 0.5) is 0 Å². The molecule has 1 aromatic heterocycles. The zero-order valence-corrected chi connectivity index (χ0v) is 12.0. The zero-order valence-electron chi connectivity index (χ0n) is 12.0. The number of nitrogens with zero attached hydrogens (tertiary/aromatic N) is 1. The van der Waals surface area contributed by atoms with Crippen molar-refractivity contribution in [1.29, 1.82) is 0 Å². The molecule has 3 nitrogen and oxygen atoms in total. The third-order valence-electron chi connectivity index (χ3n) is 3.20. The number of rotatable bonds is 5. The van der Waals surface area contributed by atoms with Crippen molar-refractivity contribution in [3.05, 3.63) is 65.5 Å². The van der Waals surface area contributed by atoms with Gasteiger partial charge in [0.25, 0.3) is 0 Å². The molecular weight excluding hydrogens is 248 g/mol. The minimum absolute atomic E-state index is 0.0213. The van der Waals surface area contributed by atoms with Crippen LogP contribution in [0.15, 0.2) is 48.7 Å². The predicted octanol–water partition coefficient (Wildman–Crippen LogP) is 3.06. The Balaban J connectivity index is 1.85. The first-order valence-corrected chi connectivity index (χ1v) is 6.90. The second kappa shape index (κ2) is 6.85. The number of hydrogen-bond donors (Lipinski definition) is 1. The molecule has 0 atom stereocenters. The van der Waals surface area contributed by atoms with E-state index >= 15 is 0 Å². The molecule has 0 aliphatic carbocycles. The van der Waals surface area contributed by atoms with Gasteiger partial charge in [0.1, 0.15) is 0 Å². The van der Waals surface area contributed by atoms with Crippen LogP contribution in [0.5, 0.6) is 0 Å². The van der Waals surface area contributed by atoms with Crippen LogP contribution in [-0.4, -0.2) is 10.9 Å². The third-order valence-corrected chi connectivity index (χ3v) is 3.20. The van der Waals surface area contributed by atoms with Crippen LogP contribution >= 0.6 is 0 Å². The standard InChI is InChI=1S/C17H20N2O/c1-13(2)15-8-6-14(7-9-15)11-17(20)19-12-16-5-3-4-10-18-16/h3-10,13H,11-12H2,1-2H3,(H,19,20). The monoisotopic (exact) mass is 268 g/mol. The highest BCUT2D eigenvalue weighted by atomic mass is 16.1. The van der Waals surface area contributed by atoms with Gasteiger partial charge in [-0.1, -0.05) is 44.2 Å². The molecule has 0 aliphatic rings. The van der Waals surface area contributed by atoms with E-state index in [1.807, 2.05) is 30.3 Å². The molecule has 104 valence electrons. The highest BCUT2D eigenvalue weighted by Crippen LogP contribution is 2.14. The normalized spacial score (nSPS) is 10.6. The summed E-state index contributed by atoms with van der Waals surface area (Å²) in [6.07, 6.45) is 2.14. The number of aromatic nitrogens is 1. The van der Waals surface area contributed by atoms with Gasteiger partial charge in [-0.3, -0.25) is 9.78 Å². The fourth-order valence-corrected chi connectivity index (χ4v) is 1.96. The molecule has 1 N–H and O–H groups in total. The van der Waals surface area contributed by atoms with Crippen LogP contribution < -0.4 is 5.32 Å². The minimum Gasteiger partial charge on any atom is -0.350 e. The van der Waals surface area contributed by atoms with Gasteiger partial charge in [-0.25, -0.2) is 0 Å². The van der Waals surface area contributed by atoms with Gasteiger partial charge in [0.05, 0.1) is 18.7 Å². The number of nitrogens with one attached hydrogen (secondary N) is 1. The van der Waals surface area contributed by atoms with Crippen LogP contribution in [0.2, 0.25) is 0 Å². The van der Waals surface area contributed by atoms with E-state index in [1.54, 1.807) is 6.20 Å². The summed E-state index contributed by atoms with van der Waals surface area (Å²) in [6, 6.07) is 13.9. The largest absolute Gasteiger partial charge is 0.350 e. The van der Waals surface area contributed by atoms with E-state index in [0.29, 0.717) is 18.9 Å². The van der Waals surface area contributed by atoms with E-state index in [4.69, 9.17) is 0 Å². The predicted molar refractivity (Wildman–Crippen MR) is 80.3 cm³/mol. The molecule has 3 heteroatoms. The van der Waals surface area contributed by atoms with Crippen LogP contribution in [-0.2, 0) is 17.8 Å². The average molecular weight is 268 g/mol. The van der Waals surface area contributed by atoms with Gasteiger partial charge in [-0.2, -0.15) is 0 Å². The molecule has 0 saturated heterocycles. The summed E-state index contributed by atoms with van der Waals surface area (Å²) in [5.41, 5.74) is 3.20. The molecule has 0 spiro atoms. The average Bonchev–Trinajstić information content (AvgIpc) is 2.47. The Morgan fingerprint density at radius 2 is 1.90 bits per heavy atom. The quantitative estimate of drug-likeness (QED) is 0.905.